The summed E-state index contributed by atoms with van der Waals surface area (Å²) in [6.07, 6.45) is 4.58. The molecule has 2 aromatic carbocycles. The maximum atomic E-state index is 6.03. The minimum absolute atomic E-state index is 0.0554. The van der Waals surface area contributed by atoms with Crippen molar-refractivity contribution in [2.45, 2.75) is 12.7 Å². The van der Waals surface area contributed by atoms with Crippen LogP contribution in [0.3, 0.4) is 0 Å². The standard InChI is InChI=1S/C23H25N6P/c1-30(2)15-16-5-8-19(9-6-16)28-21-14-26-22(24)23(29-21)27-13-17-7-10-20-18(12-17)4-3-11-25-20/h3-12,14H,13,15H2,1-2H3,(H2,24,26)(H2,27,28,29). The van der Waals surface area contributed by atoms with Gasteiger partial charge in [0.2, 0.25) is 0 Å². The van der Waals surface area contributed by atoms with Crippen LogP contribution < -0.4 is 16.4 Å². The monoisotopic (exact) mass is 416 g/mol. The molecule has 0 aliphatic carbocycles. The topological polar surface area (TPSA) is 88.8 Å². The molecule has 30 heavy (non-hydrogen) atoms. The fraction of sp³-hybridized carbons (Fsp3) is 0.174. The van der Waals surface area contributed by atoms with Crippen LogP contribution in [0.2, 0.25) is 0 Å². The summed E-state index contributed by atoms with van der Waals surface area (Å²) in [5.74, 6) is 1.58. The Hall–Kier alpha value is -3.24. The lowest BCUT2D eigenvalue weighted by Crippen LogP contribution is -2.07. The van der Waals surface area contributed by atoms with Gasteiger partial charge in [0, 0.05) is 23.8 Å². The summed E-state index contributed by atoms with van der Waals surface area (Å²) < 4.78 is 0. The maximum Gasteiger partial charge on any atom is 0.171 e. The molecule has 0 atom stereocenters. The van der Waals surface area contributed by atoms with Gasteiger partial charge < -0.3 is 16.4 Å². The molecular weight excluding hydrogens is 391 g/mol. The van der Waals surface area contributed by atoms with Crippen molar-refractivity contribution in [2.75, 3.05) is 29.7 Å². The van der Waals surface area contributed by atoms with Gasteiger partial charge in [0.05, 0.1) is 11.7 Å². The second-order valence-electron chi connectivity index (χ2n) is 7.43. The quantitative estimate of drug-likeness (QED) is 0.359. The molecule has 0 bridgehead atoms. The first-order valence-electron chi connectivity index (χ1n) is 9.77. The summed E-state index contributed by atoms with van der Waals surface area (Å²) in [5.41, 5.74) is 10.5. The van der Waals surface area contributed by atoms with Crippen LogP contribution in [-0.4, -0.2) is 28.3 Å². The molecule has 0 saturated carbocycles. The van der Waals surface area contributed by atoms with Crippen LogP contribution in [0.25, 0.3) is 10.9 Å². The van der Waals surface area contributed by atoms with Gasteiger partial charge in [-0.2, -0.15) is 0 Å². The van der Waals surface area contributed by atoms with Gasteiger partial charge in [0.15, 0.2) is 17.5 Å². The Kier molecular flexibility index (Phi) is 6.05. The molecule has 4 aromatic rings. The van der Waals surface area contributed by atoms with Crippen molar-refractivity contribution in [3.63, 3.8) is 0 Å². The smallest absolute Gasteiger partial charge is 0.171 e. The van der Waals surface area contributed by atoms with E-state index in [9.17, 15) is 0 Å². The fourth-order valence-corrected chi connectivity index (χ4v) is 4.16. The molecule has 0 fully saturated rings. The number of benzene rings is 2. The summed E-state index contributed by atoms with van der Waals surface area (Å²) in [6.45, 7) is 5.17. The van der Waals surface area contributed by atoms with Gasteiger partial charge in [0.25, 0.3) is 0 Å². The van der Waals surface area contributed by atoms with E-state index in [0.29, 0.717) is 24.0 Å². The number of hydrogen-bond donors (Lipinski definition) is 3. The number of nitrogens with zero attached hydrogens (tertiary/aromatic N) is 3. The molecule has 4 N–H and O–H groups in total. The van der Waals surface area contributed by atoms with Crippen molar-refractivity contribution in [3.8, 4) is 0 Å². The summed E-state index contributed by atoms with van der Waals surface area (Å²) >= 11 is 0. The van der Waals surface area contributed by atoms with Gasteiger partial charge in [-0.15, -0.1) is 7.92 Å². The van der Waals surface area contributed by atoms with E-state index in [-0.39, 0.29) is 7.92 Å². The Labute approximate surface area is 177 Å². The van der Waals surface area contributed by atoms with Gasteiger partial charge in [-0.25, -0.2) is 9.97 Å². The highest BCUT2D eigenvalue weighted by molar-refractivity contribution is 7.55. The van der Waals surface area contributed by atoms with Crippen molar-refractivity contribution in [1.29, 1.82) is 0 Å². The van der Waals surface area contributed by atoms with Gasteiger partial charge in [-0.05, 0) is 61.0 Å². The molecule has 0 unspecified atom stereocenters. The number of nitrogens with one attached hydrogen (secondary N) is 2. The minimum atomic E-state index is 0.0554. The van der Waals surface area contributed by atoms with E-state index in [1.807, 2.05) is 18.2 Å². The predicted molar refractivity (Wildman–Crippen MR) is 128 cm³/mol. The van der Waals surface area contributed by atoms with Gasteiger partial charge >= 0.3 is 0 Å². The van der Waals surface area contributed by atoms with Crippen molar-refractivity contribution < 1.29 is 0 Å². The number of nitrogens with two attached hydrogens (primary N) is 1. The Balaban J connectivity index is 1.44. The van der Waals surface area contributed by atoms with E-state index in [4.69, 9.17) is 5.73 Å². The highest BCUT2D eigenvalue weighted by Crippen LogP contribution is 2.30. The van der Waals surface area contributed by atoms with E-state index in [0.717, 1.165) is 28.3 Å². The SMILES string of the molecule is CP(C)Cc1ccc(Nc2cnc(N)c(NCc3ccc4ncccc4c3)n2)cc1. The van der Waals surface area contributed by atoms with Crippen LogP contribution in [0.15, 0.2) is 67.0 Å². The van der Waals surface area contributed by atoms with Crippen LogP contribution in [-0.2, 0) is 12.7 Å². The largest absolute Gasteiger partial charge is 0.381 e. The van der Waals surface area contributed by atoms with Crippen molar-refractivity contribution in [3.05, 3.63) is 78.1 Å². The first-order chi connectivity index (χ1) is 14.6. The Morgan fingerprint density at radius 1 is 0.967 bits per heavy atom. The lowest BCUT2D eigenvalue weighted by molar-refractivity contribution is 1.09. The highest BCUT2D eigenvalue weighted by atomic mass is 31.1. The van der Waals surface area contributed by atoms with Crippen LogP contribution in [0.1, 0.15) is 11.1 Å². The van der Waals surface area contributed by atoms with E-state index in [1.165, 1.54) is 5.56 Å². The third-order valence-electron chi connectivity index (χ3n) is 4.65. The Bertz CT molecular complexity index is 1140. The predicted octanol–water partition coefficient (Wildman–Crippen LogP) is 5.20. The molecule has 152 valence electrons. The van der Waals surface area contributed by atoms with Gasteiger partial charge in [-0.3, -0.25) is 4.98 Å². The summed E-state index contributed by atoms with van der Waals surface area (Å²) in [6, 6.07) is 18.6. The normalized spacial score (nSPS) is 11.0. The lowest BCUT2D eigenvalue weighted by atomic mass is 10.1. The third kappa shape index (κ3) is 5.02. The number of aromatic nitrogens is 3. The zero-order valence-electron chi connectivity index (χ0n) is 17.1. The zero-order valence-corrected chi connectivity index (χ0v) is 18.0. The van der Waals surface area contributed by atoms with E-state index < -0.39 is 0 Å². The van der Waals surface area contributed by atoms with E-state index in [2.05, 4.69) is 75.3 Å². The number of anilines is 4. The summed E-state index contributed by atoms with van der Waals surface area (Å²) in [5, 5.41) is 7.70. The minimum Gasteiger partial charge on any atom is -0.381 e. The lowest BCUT2D eigenvalue weighted by Gasteiger charge is -2.12. The molecule has 0 saturated heterocycles. The maximum absolute atomic E-state index is 6.03. The number of pyridine rings is 1. The molecule has 7 heteroatoms. The number of rotatable bonds is 7. The third-order valence-corrected chi connectivity index (χ3v) is 5.65. The Morgan fingerprint density at radius 2 is 1.77 bits per heavy atom. The number of nitrogen functional groups attached to an aromatic ring is 1. The van der Waals surface area contributed by atoms with Crippen LogP contribution in [0.4, 0.5) is 23.1 Å². The zero-order chi connectivity index (χ0) is 20.9. The first kappa shape index (κ1) is 20.0. The van der Waals surface area contributed by atoms with Gasteiger partial charge in [0.1, 0.15) is 0 Å². The van der Waals surface area contributed by atoms with Crippen molar-refractivity contribution in [1.82, 2.24) is 15.0 Å². The molecule has 0 radical (unpaired) electrons. The van der Waals surface area contributed by atoms with Crippen molar-refractivity contribution >= 4 is 42.0 Å². The molecule has 2 aromatic heterocycles. The van der Waals surface area contributed by atoms with Crippen LogP contribution >= 0.6 is 7.92 Å². The molecule has 6 nitrogen and oxygen atoms in total. The molecule has 0 amide bonds. The Morgan fingerprint density at radius 3 is 2.57 bits per heavy atom. The molecule has 2 heterocycles. The highest BCUT2D eigenvalue weighted by Gasteiger charge is 2.06. The molecule has 0 aliphatic heterocycles. The van der Waals surface area contributed by atoms with Gasteiger partial charge in [-0.1, -0.05) is 24.3 Å². The molecule has 0 spiro atoms. The summed E-state index contributed by atoms with van der Waals surface area (Å²) in [7, 11) is 0.0554. The molecular formula is C23H25N6P. The van der Waals surface area contributed by atoms with E-state index >= 15 is 0 Å². The average Bonchev–Trinajstić information content (AvgIpc) is 2.75. The van der Waals surface area contributed by atoms with E-state index in [1.54, 1.807) is 12.4 Å². The number of hydrogen-bond acceptors (Lipinski definition) is 6. The van der Waals surface area contributed by atoms with Crippen LogP contribution in [0.5, 0.6) is 0 Å². The average molecular weight is 416 g/mol. The molecule has 0 aliphatic rings. The number of fused-ring (bicyclic) bond motifs is 1. The second kappa shape index (κ2) is 9.06. The first-order valence-corrected chi connectivity index (χ1v) is 12.2. The molecule has 4 rings (SSSR count). The van der Waals surface area contributed by atoms with Crippen LogP contribution in [0, 0.1) is 0 Å². The van der Waals surface area contributed by atoms with Crippen molar-refractivity contribution in [2.24, 2.45) is 0 Å². The summed E-state index contributed by atoms with van der Waals surface area (Å²) in [4.78, 5) is 13.2. The fourth-order valence-electron chi connectivity index (χ4n) is 3.22. The second-order valence-corrected chi connectivity index (χ2v) is 9.91.